The highest BCUT2D eigenvalue weighted by atomic mass is 16.3. The van der Waals surface area contributed by atoms with Crippen LogP contribution in [0.15, 0.2) is 185 Å². The van der Waals surface area contributed by atoms with Gasteiger partial charge in [0.2, 0.25) is 0 Å². The molecule has 0 spiro atoms. The molecular weight excluding hydrogens is 711 g/mol. The van der Waals surface area contributed by atoms with Gasteiger partial charge in [-0.2, -0.15) is 0 Å². The summed E-state index contributed by atoms with van der Waals surface area (Å²) >= 11 is 0. The molecule has 13 aromatic rings. The summed E-state index contributed by atoms with van der Waals surface area (Å²) in [6.45, 7) is 0. The first-order valence-electron chi connectivity index (χ1n) is 19.5. The van der Waals surface area contributed by atoms with Gasteiger partial charge in [-0.15, -0.1) is 0 Å². The summed E-state index contributed by atoms with van der Waals surface area (Å²) in [6.07, 6.45) is 0. The zero-order chi connectivity index (χ0) is 37.9. The summed E-state index contributed by atoms with van der Waals surface area (Å²) in [7, 11) is 0. The molecule has 10 aromatic carbocycles. The van der Waals surface area contributed by atoms with Gasteiger partial charge >= 0.3 is 0 Å². The number of benzene rings is 10. The van der Waals surface area contributed by atoms with Gasteiger partial charge in [0.15, 0.2) is 17.5 Å². The molecule has 0 saturated carbocycles. The van der Waals surface area contributed by atoms with Crippen LogP contribution in [-0.2, 0) is 0 Å². The van der Waals surface area contributed by atoms with Gasteiger partial charge in [-0.25, -0.2) is 15.0 Å². The van der Waals surface area contributed by atoms with Crippen LogP contribution in [0.1, 0.15) is 0 Å². The van der Waals surface area contributed by atoms with Crippen molar-refractivity contribution >= 4 is 97.7 Å². The SMILES string of the molecule is c1ccc2cc(-c3nc(-c4cc5ccccc5c5c4oc4ccc6ccccc6c45)nc(-c4cc5ccccc5c5c4oc4ccc6ccccc6c45)n3)ccc2c1. The zero-order valence-corrected chi connectivity index (χ0v) is 30.9. The normalized spacial score (nSPS) is 12.1. The van der Waals surface area contributed by atoms with Crippen molar-refractivity contribution < 1.29 is 8.83 Å². The van der Waals surface area contributed by atoms with Crippen molar-refractivity contribution in [3.63, 3.8) is 0 Å². The monoisotopic (exact) mass is 739 g/mol. The van der Waals surface area contributed by atoms with Gasteiger partial charge in [0.1, 0.15) is 22.3 Å². The topological polar surface area (TPSA) is 65.0 Å². The van der Waals surface area contributed by atoms with Crippen LogP contribution in [0.4, 0.5) is 0 Å². The first-order chi connectivity index (χ1) is 28.7. The van der Waals surface area contributed by atoms with Crippen molar-refractivity contribution in [3.05, 3.63) is 176 Å². The minimum absolute atomic E-state index is 0.523. The molecule has 0 unspecified atom stereocenters. The largest absolute Gasteiger partial charge is 0.455 e. The predicted molar refractivity (Wildman–Crippen MR) is 238 cm³/mol. The molecule has 0 aliphatic rings. The number of nitrogens with zero attached hydrogens (tertiary/aromatic N) is 3. The lowest BCUT2D eigenvalue weighted by Crippen LogP contribution is -2.01. The number of aromatic nitrogens is 3. The van der Waals surface area contributed by atoms with Gasteiger partial charge < -0.3 is 8.83 Å². The van der Waals surface area contributed by atoms with Crippen LogP contribution in [0.25, 0.3) is 132 Å². The molecule has 0 atom stereocenters. The Labute approximate surface area is 330 Å². The summed E-state index contributed by atoms with van der Waals surface area (Å²) in [4.78, 5) is 16.0. The summed E-state index contributed by atoms with van der Waals surface area (Å²) in [5.41, 5.74) is 5.61. The third-order valence-corrected chi connectivity index (χ3v) is 11.8. The Balaban J connectivity index is 1.17. The lowest BCUT2D eigenvalue weighted by Gasteiger charge is -2.12. The lowest BCUT2D eigenvalue weighted by atomic mass is 9.96. The van der Waals surface area contributed by atoms with Crippen molar-refractivity contribution in [2.24, 2.45) is 0 Å². The van der Waals surface area contributed by atoms with E-state index < -0.39 is 0 Å². The number of rotatable bonds is 3. The fourth-order valence-electron chi connectivity index (χ4n) is 9.18. The highest BCUT2D eigenvalue weighted by Gasteiger charge is 2.24. The molecule has 3 heterocycles. The number of furan rings is 2. The van der Waals surface area contributed by atoms with Gasteiger partial charge in [0.25, 0.3) is 0 Å². The van der Waals surface area contributed by atoms with E-state index in [0.29, 0.717) is 17.5 Å². The van der Waals surface area contributed by atoms with Crippen molar-refractivity contribution in [1.29, 1.82) is 0 Å². The smallest absolute Gasteiger partial charge is 0.167 e. The standard InChI is InChI=1S/C53H29N3O2/c1-2-14-33-27-36(22-21-30(33)11-1)51-54-52(41-28-34-15-5-9-19-39(34)47-45-37-17-7-3-12-31(37)23-25-43(45)57-49(41)47)56-53(55-51)42-29-35-16-6-10-20-40(35)48-46-38-18-8-4-13-32(38)24-26-44(46)58-50(42)48/h1-29H. The molecule has 0 N–H and O–H groups in total. The third-order valence-electron chi connectivity index (χ3n) is 11.8. The van der Waals surface area contributed by atoms with Crippen molar-refractivity contribution in [3.8, 4) is 34.2 Å². The first kappa shape index (κ1) is 31.3. The minimum atomic E-state index is 0.523. The molecule has 0 radical (unpaired) electrons. The summed E-state index contributed by atoms with van der Waals surface area (Å²) in [5.74, 6) is 1.61. The van der Waals surface area contributed by atoms with Crippen LogP contribution in [-0.4, -0.2) is 15.0 Å². The lowest BCUT2D eigenvalue weighted by molar-refractivity contribution is 0.670. The van der Waals surface area contributed by atoms with E-state index in [1.165, 1.54) is 0 Å². The Hall–Kier alpha value is -7.89. The average molecular weight is 740 g/mol. The van der Waals surface area contributed by atoms with Gasteiger partial charge in [-0.05, 0) is 84.2 Å². The van der Waals surface area contributed by atoms with E-state index in [1.54, 1.807) is 0 Å². The molecule has 3 aromatic heterocycles. The second-order valence-electron chi connectivity index (χ2n) is 15.1. The van der Waals surface area contributed by atoms with E-state index in [9.17, 15) is 0 Å². The molecule has 58 heavy (non-hydrogen) atoms. The molecule has 0 aliphatic carbocycles. The molecule has 5 nitrogen and oxygen atoms in total. The minimum Gasteiger partial charge on any atom is -0.455 e. The van der Waals surface area contributed by atoms with Crippen LogP contribution >= 0.6 is 0 Å². The Morgan fingerprint density at radius 2 is 0.690 bits per heavy atom. The van der Waals surface area contributed by atoms with Crippen molar-refractivity contribution in [2.75, 3.05) is 0 Å². The van der Waals surface area contributed by atoms with E-state index in [4.69, 9.17) is 23.8 Å². The average Bonchev–Trinajstić information content (AvgIpc) is 3.89. The van der Waals surface area contributed by atoms with Crippen LogP contribution in [0.5, 0.6) is 0 Å². The first-order valence-corrected chi connectivity index (χ1v) is 19.5. The number of fused-ring (bicyclic) bond motifs is 15. The fourth-order valence-corrected chi connectivity index (χ4v) is 9.18. The van der Waals surface area contributed by atoms with E-state index >= 15 is 0 Å². The fraction of sp³-hybridized carbons (Fsp3) is 0. The molecule has 0 aliphatic heterocycles. The van der Waals surface area contributed by atoms with E-state index in [-0.39, 0.29) is 0 Å². The maximum absolute atomic E-state index is 6.89. The van der Waals surface area contributed by atoms with Gasteiger partial charge in [0, 0.05) is 27.1 Å². The molecule has 13 rings (SSSR count). The van der Waals surface area contributed by atoms with Crippen LogP contribution < -0.4 is 0 Å². The summed E-state index contributed by atoms with van der Waals surface area (Å²) < 4.78 is 13.8. The molecular formula is C53H29N3O2. The van der Waals surface area contributed by atoms with E-state index in [2.05, 4.69) is 176 Å². The molecule has 5 heteroatoms. The highest BCUT2D eigenvalue weighted by Crippen LogP contribution is 2.45. The molecule has 0 amide bonds. The second-order valence-corrected chi connectivity index (χ2v) is 15.1. The van der Waals surface area contributed by atoms with Gasteiger partial charge in [0.05, 0.1) is 11.1 Å². The number of hydrogen-bond donors (Lipinski definition) is 0. The van der Waals surface area contributed by atoms with Crippen molar-refractivity contribution in [1.82, 2.24) is 15.0 Å². The van der Waals surface area contributed by atoms with E-state index in [1.807, 2.05) is 0 Å². The maximum Gasteiger partial charge on any atom is 0.167 e. The Bertz CT molecular complexity index is 3670. The van der Waals surface area contributed by atoms with Crippen LogP contribution in [0.3, 0.4) is 0 Å². The zero-order valence-electron chi connectivity index (χ0n) is 30.9. The summed E-state index contributed by atoms with van der Waals surface area (Å²) in [5, 5.41) is 15.5. The highest BCUT2D eigenvalue weighted by molar-refractivity contribution is 6.30. The Kier molecular flexibility index (Phi) is 6.38. The van der Waals surface area contributed by atoms with Crippen LogP contribution in [0, 0.1) is 0 Å². The van der Waals surface area contributed by atoms with Crippen LogP contribution in [0.2, 0.25) is 0 Å². The molecule has 268 valence electrons. The van der Waals surface area contributed by atoms with Gasteiger partial charge in [-0.1, -0.05) is 146 Å². The number of hydrogen-bond acceptors (Lipinski definition) is 5. The molecule has 0 saturated heterocycles. The molecule has 0 fully saturated rings. The Morgan fingerprint density at radius 3 is 1.21 bits per heavy atom. The quantitative estimate of drug-likeness (QED) is 0.180. The summed E-state index contributed by atoms with van der Waals surface area (Å²) in [6, 6.07) is 61.5. The maximum atomic E-state index is 6.89. The van der Waals surface area contributed by atoms with E-state index in [0.717, 1.165) is 114 Å². The van der Waals surface area contributed by atoms with Crippen molar-refractivity contribution in [2.45, 2.75) is 0 Å². The van der Waals surface area contributed by atoms with Gasteiger partial charge in [-0.3, -0.25) is 0 Å². The predicted octanol–water partition coefficient (Wildman–Crippen LogP) is 14.4. The second kappa shape index (κ2) is 11.8. The molecule has 0 bridgehead atoms. The Morgan fingerprint density at radius 1 is 0.293 bits per heavy atom. The third kappa shape index (κ3) is 4.50.